The molecule has 1 aliphatic heterocycles. The number of anilines is 2. The number of morpholine rings is 1. The number of ether oxygens (including phenoxy) is 1. The van der Waals surface area contributed by atoms with E-state index in [9.17, 15) is 19.8 Å². The number of aromatic nitrogens is 1. The molecule has 1 saturated heterocycles. The van der Waals surface area contributed by atoms with Gasteiger partial charge in [-0.05, 0) is 42.2 Å². The molecule has 3 amide bonds. The number of nitrogens with two attached hydrogens (primary N) is 1. The van der Waals surface area contributed by atoms with E-state index < -0.39 is 0 Å². The number of carbonyl (C=O) groups excluding carboxylic acids is 2. The second-order valence-corrected chi connectivity index (χ2v) is 10.0. The van der Waals surface area contributed by atoms with Crippen LogP contribution in [0.25, 0.3) is 0 Å². The van der Waals surface area contributed by atoms with Crippen LogP contribution in [0.5, 0.6) is 11.5 Å². The van der Waals surface area contributed by atoms with E-state index in [1.165, 1.54) is 23.5 Å². The van der Waals surface area contributed by atoms with Gasteiger partial charge in [-0.15, -0.1) is 11.3 Å². The van der Waals surface area contributed by atoms with Crippen LogP contribution in [0.2, 0.25) is 0 Å². The van der Waals surface area contributed by atoms with Crippen LogP contribution in [0.3, 0.4) is 0 Å². The van der Waals surface area contributed by atoms with E-state index in [2.05, 4.69) is 20.5 Å². The number of thiophene rings is 1. The number of pyridine rings is 1. The molecular weight excluding hydrogens is 520 g/mol. The van der Waals surface area contributed by atoms with Crippen LogP contribution in [0, 0.1) is 0 Å². The summed E-state index contributed by atoms with van der Waals surface area (Å²) >= 11 is 1.40. The Morgan fingerprint density at radius 3 is 2.59 bits per heavy atom. The molecule has 0 bridgehead atoms. The van der Waals surface area contributed by atoms with E-state index in [1.807, 2.05) is 0 Å². The van der Waals surface area contributed by atoms with E-state index in [4.69, 9.17) is 10.5 Å². The lowest BCUT2D eigenvalue weighted by atomic mass is 10.1. The maximum Gasteiger partial charge on any atom is 0.317 e. The zero-order valence-electron chi connectivity index (χ0n) is 21.6. The van der Waals surface area contributed by atoms with Crippen molar-refractivity contribution in [1.82, 2.24) is 20.1 Å². The largest absolute Gasteiger partial charge is 0.504 e. The molecule has 6 N–H and O–H groups in total. The first-order valence-corrected chi connectivity index (χ1v) is 13.7. The van der Waals surface area contributed by atoms with Crippen LogP contribution < -0.4 is 16.4 Å². The van der Waals surface area contributed by atoms with E-state index >= 15 is 0 Å². The first-order chi connectivity index (χ1) is 18.9. The number of phenols is 2. The maximum absolute atomic E-state index is 13.1. The summed E-state index contributed by atoms with van der Waals surface area (Å²) in [6, 6.07) is 7.83. The normalized spacial score (nSPS) is 13.6. The van der Waals surface area contributed by atoms with E-state index in [1.54, 1.807) is 40.1 Å². The Morgan fingerprint density at radius 2 is 1.90 bits per heavy atom. The first kappa shape index (κ1) is 28.1. The number of urea groups is 1. The molecule has 3 heterocycles. The summed E-state index contributed by atoms with van der Waals surface area (Å²) in [5.74, 6) is -0.721. The van der Waals surface area contributed by atoms with Gasteiger partial charge in [0.15, 0.2) is 11.5 Å². The highest BCUT2D eigenvalue weighted by atomic mass is 32.1. The third-order valence-corrected chi connectivity index (χ3v) is 7.16. The third-order valence-electron chi connectivity index (χ3n) is 6.39. The Kier molecular flexibility index (Phi) is 9.95. The monoisotopic (exact) mass is 554 g/mol. The molecule has 1 aromatic carbocycles. The minimum Gasteiger partial charge on any atom is -0.504 e. The Morgan fingerprint density at radius 1 is 1.10 bits per heavy atom. The van der Waals surface area contributed by atoms with Gasteiger partial charge in [0.1, 0.15) is 5.69 Å². The molecule has 12 heteroatoms. The SMILES string of the molecule is Nc1cscc1NC(=O)c1ccc(CN(CCCN2CCOCC2)C(=O)NCCc2ccc(O)c(O)c2)cn1. The number of carbonyl (C=O) groups is 2. The molecule has 39 heavy (non-hydrogen) atoms. The molecule has 0 saturated carbocycles. The van der Waals surface area contributed by atoms with Crippen molar-refractivity contribution in [3.63, 3.8) is 0 Å². The summed E-state index contributed by atoms with van der Waals surface area (Å²) in [4.78, 5) is 34.0. The lowest BCUT2D eigenvalue weighted by molar-refractivity contribution is 0.0364. The Balaban J connectivity index is 1.34. The van der Waals surface area contributed by atoms with E-state index in [0.29, 0.717) is 37.4 Å². The number of nitrogens with one attached hydrogen (secondary N) is 2. The molecule has 0 aliphatic carbocycles. The summed E-state index contributed by atoms with van der Waals surface area (Å²) in [6.07, 6.45) is 2.91. The molecule has 0 unspecified atom stereocenters. The van der Waals surface area contributed by atoms with Crippen LogP contribution in [0.4, 0.5) is 16.2 Å². The van der Waals surface area contributed by atoms with Crippen LogP contribution in [0.1, 0.15) is 28.0 Å². The summed E-state index contributed by atoms with van der Waals surface area (Å²) in [6.45, 7) is 5.33. The smallest absolute Gasteiger partial charge is 0.317 e. The van der Waals surface area contributed by atoms with Crippen molar-refractivity contribution in [2.45, 2.75) is 19.4 Å². The van der Waals surface area contributed by atoms with Gasteiger partial charge in [-0.1, -0.05) is 12.1 Å². The van der Waals surface area contributed by atoms with Gasteiger partial charge < -0.3 is 36.2 Å². The van der Waals surface area contributed by atoms with Gasteiger partial charge >= 0.3 is 6.03 Å². The molecule has 1 fully saturated rings. The lowest BCUT2D eigenvalue weighted by Crippen LogP contribution is -2.42. The molecule has 3 aromatic rings. The fourth-order valence-electron chi connectivity index (χ4n) is 4.18. The van der Waals surface area contributed by atoms with Crippen molar-refractivity contribution in [1.29, 1.82) is 0 Å². The van der Waals surface area contributed by atoms with Gasteiger partial charge in [0.05, 0.1) is 24.6 Å². The van der Waals surface area contributed by atoms with E-state index in [0.717, 1.165) is 50.4 Å². The van der Waals surface area contributed by atoms with Crippen molar-refractivity contribution in [3.8, 4) is 11.5 Å². The van der Waals surface area contributed by atoms with Crippen molar-refractivity contribution in [2.75, 3.05) is 57.0 Å². The fourth-order valence-corrected chi connectivity index (χ4v) is 4.85. The number of aromatic hydroxyl groups is 2. The van der Waals surface area contributed by atoms with Gasteiger partial charge in [-0.3, -0.25) is 14.7 Å². The first-order valence-electron chi connectivity index (χ1n) is 12.8. The topological polar surface area (TPSA) is 153 Å². The zero-order chi connectivity index (χ0) is 27.6. The molecule has 1 aliphatic rings. The minimum absolute atomic E-state index is 0.179. The molecular formula is C27H34N6O5S. The number of hydrogen-bond donors (Lipinski definition) is 5. The number of nitrogens with zero attached hydrogens (tertiary/aromatic N) is 3. The number of phenolic OH excluding ortho intramolecular Hbond substituents is 2. The van der Waals surface area contributed by atoms with Crippen molar-refractivity contribution in [3.05, 3.63) is 64.1 Å². The Bertz CT molecular complexity index is 1250. The predicted octanol–water partition coefficient (Wildman–Crippen LogP) is 2.87. The zero-order valence-corrected chi connectivity index (χ0v) is 22.5. The van der Waals surface area contributed by atoms with E-state index in [-0.39, 0.29) is 29.1 Å². The van der Waals surface area contributed by atoms with Crippen molar-refractivity contribution < 1.29 is 24.5 Å². The van der Waals surface area contributed by atoms with Crippen LogP contribution in [-0.2, 0) is 17.7 Å². The number of rotatable bonds is 11. The van der Waals surface area contributed by atoms with Gasteiger partial charge in [0.2, 0.25) is 0 Å². The van der Waals surface area contributed by atoms with Gasteiger partial charge in [0.25, 0.3) is 5.91 Å². The second kappa shape index (κ2) is 13.8. The van der Waals surface area contributed by atoms with Gasteiger partial charge in [0, 0.05) is 56.2 Å². The summed E-state index contributed by atoms with van der Waals surface area (Å²) in [5.41, 5.74) is 8.76. The van der Waals surface area contributed by atoms with Crippen molar-refractivity contribution >= 4 is 34.6 Å². The Labute approximate surface area is 231 Å². The Hall–Kier alpha value is -3.87. The summed E-state index contributed by atoms with van der Waals surface area (Å²) < 4.78 is 5.41. The molecule has 0 atom stereocenters. The minimum atomic E-state index is -0.355. The number of nitrogen functional groups attached to an aromatic ring is 1. The highest BCUT2D eigenvalue weighted by molar-refractivity contribution is 7.09. The second-order valence-electron chi connectivity index (χ2n) is 9.28. The number of hydrogen-bond acceptors (Lipinski definition) is 9. The molecule has 2 aromatic heterocycles. The predicted molar refractivity (Wildman–Crippen MR) is 150 cm³/mol. The molecule has 208 valence electrons. The lowest BCUT2D eigenvalue weighted by Gasteiger charge is -2.28. The molecule has 11 nitrogen and oxygen atoms in total. The fraction of sp³-hybridized carbons (Fsp3) is 0.370. The van der Waals surface area contributed by atoms with Gasteiger partial charge in [-0.25, -0.2) is 4.79 Å². The van der Waals surface area contributed by atoms with Gasteiger partial charge in [-0.2, -0.15) is 0 Å². The highest BCUT2D eigenvalue weighted by Gasteiger charge is 2.17. The highest BCUT2D eigenvalue weighted by Crippen LogP contribution is 2.25. The maximum atomic E-state index is 13.1. The molecule has 4 rings (SSSR count). The van der Waals surface area contributed by atoms with Crippen molar-refractivity contribution in [2.24, 2.45) is 0 Å². The average molecular weight is 555 g/mol. The average Bonchev–Trinajstić information content (AvgIpc) is 3.34. The van der Waals surface area contributed by atoms with Crippen LogP contribution in [0.15, 0.2) is 47.3 Å². The molecule has 0 radical (unpaired) electrons. The summed E-state index contributed by atoms with van der Waals surface area (Å²) in [7, 11) is 0. The van der Waals surface area contributed by atoms with Crippen LogP contribution >= 0.6 is 11.3 Å². The standard InChI is InChI=1S/C27H34N6O5S/c28-21-17-39-18-23(21)31-26(36)22-4-2-20(15-30-22)16-33(9-1-8-32-10-12-38-13-11-32)27(37)29-7-6-19-3-5-24(34)25(35)14-19/h2-5,14-15,17-18,34-35H,1,6-13,16,28H2,(H,29,37)(H,31,36). The molecule has 0 spiro atoms. The van der Waals surface area contributed by atoms with Crippen LogP contribution in [-0.4, -0.2) is 82.9 Å². The summed E-state index contributed by atoms with van der Waals surface area (Å²) in [5, 5.41) is 28.4. The third kappa shape index (κ3) is 8.31. The number of benzene rings is 1. The quantitative estimate of drug-likeness (QED) is 0.227. The number of amides is 3.